The van der Waals surface area contributed by atoms with Crippen molar-refractivity contribution in [1.29, 1.82) is 0 Å². The molecule has 1 atom stereocenters. The van der Waals surface area contributed by atoms with Crippen molar-refractivity contribution in [2.24, 2.45) is 11.7 Å². The van der Waals surface area contributed by atoms with Gasteiger partial charge in [-0.2, -0.15) is 0 Å². The fraction of sp³-hybridized carbons (Fsp3) is 0.474. The highest BCUT2D eigenvalue weighted by molar-refractivity contribution is 5.94. The molecule has 6 nitrogen and oxygen atoms in total. The Morgan fingerprint density at radius 2 is 2.24 bits per heavy atom. The third-order valence-corrected chi connectivity index (χ3v) is 4.20. The van der Waals surface area contributed by atoms with Crippen molar-refractivity contribution in [3.8, 4) is 5.75 Å². The second-order valence-corrected chi connectivity index (χ2v) is 6.57. The number of amides is 2. The molecule has 3 N–H and O–H groups in total. The third-order valence-electron chi connectivity index (χ3n) is 4.20. The maximum Gasteiger partial charge on any atom is 0.251 e. The van der Waals surface area contributed by atoms with Crippen molar-refractivity contribution in [1.82, 2.24) is 10.2 Å². The molecule has 0 bridgehead atoms. The van der Waals surface area contributed by atoms with Gasteiger partial charge < -0.3 is 20.7 Å². The number of likely N-dealkylation sites (tertiary alicyclic amines) is 1. The fourth-order valence-electron chi connectivity index (χ4n) is 2.85. The summed E-state index contributed by atoms with van der Waals surface area (Å²) in [6.45, 7) is 8.96. The van der Waals surface area contributed by atoms with Crippen LogP contribution in [-0.4, -0.2) is 49.5 Å². The SMILES string of the molecule is C=C(C)COc1cccc(C(=O)NCCN2CCCC(C(N)=O)C2)c1. The van der Waals surface area contributed by atoms with Crippen molar-refractivity contribution >= 4 is 11.8 Å². The number of nitrogens with one attached hydrogen (secondary N) is 1. The van der Waals surface area contributed by atoms with Crippen LogP contribution in [0.1, 0.15) is 30.1 Å². The minimum atomic E-state index is -0.236. The Bertz CT molecular complexity index is 630. The van der Waals surface area contributed by atoms with Crippen molar-refractivity contribution < 1.29 is 14.3 Å². The molecular weight excluding hydrogens is 318 g/mol. The van der Waals surface area contributed by atoms with Gasteiger partial charge in [0, 0.05) is 25.2 Å². The summed E-state index contributed by atoms with van der Waals surface area (Å²) in [5.74, 6) is 0.201. The van der Waals surface area contributed by atoms with E-state index < -0.39 is 0 Å². The summed E-state index contributed by atoms with van der Waals surface area (Å²) in [4.78, 5) is 25.7. The van der Waals surface area contributed by atoms with E-state index in [0.29, 0.717) is 37.6 Å². The zero-order valence-corrected chi connectivity index (χ0v) is 14.8. The molecule has 1 aliphatic rings. The van der Waals surface area contributed by atoms with E-state index in [1.807, 2.05) is 13.0 Å². The summed E-state index contributed by atoms with van der Waals surface area (Å²) in [5, 5.41) is 2.91. The van der Waals surface area contributed by atoms with Gasteiger partial charge in [-0.15, -0.1) is 0 Å². The Hall–Kier alpha value is -2.34. The third kappa shape index (κ3) is 6.23. The molecule has 6 heteroatoms. The molecule has 1 unspecified atom stereocenters. The topological polar surface area (TPSA) is 84.7 Å². The lowest BCUT2D eigenvalue weighted by molar-refractivity contribution is -0.123. The van der Waals surface area contributed by atoms with E-state index in [1.165, 1.54) is 0 Å². The van der Waals surface area contributed by atoms with Crippen molar-refractivity contribution in [3.63, 3.8) is 0 Å². The average Bonchev–Trinajstić information content (AvgIpc) is 2.60. The Kier molecular flexibility index (Phi) is 7.01. The Morgan fingerprint density at radius 3 is 2.96 bits per heavy atom. The predicted octanol–water partition coefficient (Wildman–Crippen LogP) is 1.57. The van der Waals surface area contributed by atoms with Crippen LogP contribution in [0.4, 0.5) is 0 Å². The lowest BCUT2D eigenvalue weighted by atomic mass is 9.97. The summed E-state index contributed by atoms with van der Waals surface area (Å²) in [5.41, 5.74) is 6.87. The zero-order valence-electron chi connectivity index (χ0n) is 14.8. The molecule has 136 valence electrons. The molecule has 1 fully saturated rings. The first-order valence-corrected chi connectivity index (χ1v) is 8.63. The van der Waals surface area contributed by atoms with Crippen LogP contribution >= 0.6 is 0 Å². The number of piperidine rings is 1. The van der Waals surface area contributed by atoms with E-state index in [4.69, 9.17) is 10.5 Å². The summed E-state index contributed by atoms with van der Waals surface area (Å²) >= 11 is 0. The number of carbonyl (C=O) groups is 2. The van der Waals surface area contributed by atoms with Crippen LogP contribution in [-0.2, 0) is 4.79 Å². The van der Waals surface area contributed by atoms with E-state index in [2.05, 4.69) is 16.8 Å². The van der Waals surface area contributed by atoms with Gasteiger partial charge in [0.2, 0.25) is 5.91 Å². The molecule has 1 aromatic rings. The van der Waals surface area contributed by atoms with Crippen LogP contribution < -0.4 is 15.8 Å². The van der Waals surface area contributed by atoms with Crippen LogP contribution in [0.15, 0.2) is 36.4 Å². The highest BCUT2D eigenvalue weighted by Crippen LogP contribution is 2.16. The molecule has 0 aliphatic carbocycles. The van der Waals surface area contributed by atoms with Gasteiger partial charge in [-0.25, -0.2) is 0 Å². The number of primary amides is 1. The number of hydrogen-bond donors (Lipinski definition) is 2. The fourth-order valence-corrected chi connectivity index (χ4v) is 2.85. The highest BCUT2D eigenvalue weighted by atomic mass is 16.5. The van der Waals surface area contributed by atoms with Gasteiger partial charge in [-0.1, -0.05) is 12.6 Å². The summed E-state index contributed by atoms with van der Waals surface area (Å²) in [7, 11) is 0. The first kappa shape index (κ1) is 19.0. The minimum absolute atomic E-state index is 0.0772. The average molecular weight is 345 g/mol. The Morgan fingerprint density at radius 1 is 1.44 bits per heavy atom. The molecular formula is C19H27N3O3. The number of nitrogens with two attached hydrogens (primary N) is 1. The number of rotatable bonds is 8. The van der Waals surface area contributed by atoms with Gasteiger partial charge in [0.15, 0.2) is 0 Å². The molecule has 1 aliphatic heterocycles. The quantitative estimate of drug-likeness (QED) is 0.701. The first-order valence-electron chi connectivity index (χ1n) is 8.63. The number of carbonyl (C=O) groups excluding carboxylic acids is 2. The minimum Gasteiger partial charge on any atom is -0.489 e. The predicted molar refractivity (Wildman–Crippen MR) is 97.4 cm³/mol. The van der Waals surface area contributed by atoms with Crippen LogP contribution in [0.3, 0.4) is 0 Å². The lowest BCUT2D eigenvalue weighted by Gasteiger charge is -2.31. The van der Waals surface area contributed by atoms with E-state index in [1.54, 1.807) is 18.2 Å². The molecule has 25 heavy (non-hydrogen) atoms. The number of ether oxygens (including phenoxy) is 1. The van der Waals surface area contributed by atoms with Gasteiger partial charge >= 0.3 is 0 Å². The monoisotopic (exact) mass is 345 g/mol. The van der Waals surface area contributed by atoms with Gasteiger partial charge in [-0.3, -0.25) is 9.59 Å². The number of nitrogens with zero attached hydrogens (tertiary/aromatic N) is 1. The molecule has 1 aromatic carbocycles. The van der Waals surface area contributed by atoms with E-state index >= 15 is 0 Å². The molecule has 2 rings (SSSR count). The lowest BCUT2D eigenvalue weighted by Crippen LogP contribution is -2.44. The largest absolute Gasteiger partial charge is 0.489 e. The van der Waals surface area contributed by atoms with Gasteiger partial charge in [0.05, 0.1) is 5.92 Å². The molecule has 0 aromatic heterocycles. The summed E-state index contributed by atoms with van der Waals surface area (Å²) in [6, 6.07) is 7.09. The molecule has 0 spiro atoms. The Balaban J connectivity index is 1.79. The van der Waals surface area contributed by atoms with Crippen LogP contribution in [0, 0.1) is 5.92 Å². The Labute approximate surface area is 149 Å². The molecule has 1 saturated heterocycles. The maximum atomic E-state index is 12.3. The van der Waals surface area contributed by atoms with Crippen molar-refractivity contribution in [2.75, 3.05) is 32.8 Å². The molecule has 0 saturated carbocycles. The second-order valence-electron chi connectivity index (χ2n) is 6.57. The number of benzene rings is 1. The molecule has 1 heterocycles. The molecule has 0 radical (unpaired) electrons. The highest BCUT2D eigenvalue weighted by Gasteiger charge is 2.23. The van der Waals surface area contributed by atoms with Crippen molar-refractivity contribution in [3.05, 3.63) is 42.0 Å². The van der Waals surface area contributed by atoms with Crippen molar-refractivity contribution in [2.45, 2.75) is 19.8 Å². The van der Waals surface area contributed by atoms with E-state index in [9.17, 15) is 9.59 Å². The zero-order chi connectivity index (χ0) is 18.2. The van der Waals surface area contributed by atoms with Crippen LogP contribution in [0.5, 0.6) is 5.75 Å². The summed E-state index contributed by atoms with van der Waals surface area (Å²) in [6.07, 6.45) is 1.82. The van der Waals surface area contributed by atoms with Gasteiger partial charge in [0.1, 0.15) is 12.4 Å². The van der Waals surface area contributed by atoms with Crippen LogP contribution in [0.2, 0.25) is 0 Å². The van der Waals surface area contributed by atoms with Gasteiger partial charge in [-0.05, 0) is 50.1 Å². The normalized spacial score (nSPS) is 17.7. The number of hydrogen-bond acceptors (Lipinski definition) is 4. The molecule has 2 amide bonds. The standard InChI is InChI=1S/C19H27N3O3/c1-14(2)13-25-17-7-3-5-15(11-17)19(24)21-8-10-22-9-4-6-16(12-22)18(20)23/h3,5,7,11,16H,1,4,6,8-10,12-13H2,2H3,(H2,20,23)(H,21,24). The van der Waals surface area contributed by atoms with E-state index in [0.717, 1.165) is 25.0 Å². The smallest absolute Gasteiger partial charge is 0.251 e. The summed E-state index contributed by atoms with van der Waals surface area (Å²) < 4.78 is 5.56. The first-order chi connectivity index (χ1) is 12.0. The maximum absolute atomic E-state index is 12.3. The van der Waals surface area contributed by atoms with Crippen LogP contribution in [0.25, 0.3) is 0 Å². The van der Waals surface area contributed by atoms with E-state index in [-0.39, 0.29) is 17.7 Å². The van der Waals surface area contributed by atoms with Gasteiger partial charge in [0.25, 0.3) is 5.91 Å². The second kappa shape index (κ2) is 9.22.